The van der Waals surface area contributed by atoms with Gasteiger partial charge in [-0.15, -0.1) is 0 Å². The smallest absolute Gasteiger partial charge is 0.339 e. The minimum atomic E-state index is -0.489. The summed E-state index contributed by atoms with van der Waals surface area (Å²) in [6.07, 6.45) is 1.82. The van der Waals surface area contributed by atoms with Crippen molar-refractivity contribution in [2.24, 2.45) is 5.73 Å². The molecule has 122 valence electrons. The van der Waals surface area contributed by atoms with E-state index in [4.69, 9.17) is 10.5 Å². The van der Waals surface area contributed by atoms with Crippen LogP contribution in [0.25, 0.3) is 0 Å². The van der Waals surface area contributed by atoms with Crippen LogP contribution >= 0.6 is 0 Å². The summed E-state index contributed by atoms with van der Waals surface area (Å²) in [7, 11) is 1.31. The van der Waals surface area contributed by atoms with E-state index < -0.39 is 5.97 Å². The van der Waals surface area contributed by atoms with Crippen LogP contribution in [0.2, 0.25) is 0 Å². The van der Waals surface area contributed by atoms with E-state index in [0.717, 1.165) is 25.9 Å². The Hall–Kier alpha value is -2.36. The Morgan fingerprint density at radius 3 is 2.78 bits per heavy atom. The van der Waals surface area contributed by atoms with Gasteiger partial charge in [-0.3, -0.25) is 4.79 Å². The van der Waals surface area contributed by atoms with E-state index in [1.807, 2.05) is 0 Å². The Labute approximate surface area is 135 Å². The fourth-order valence-corrected chi connectivity index (χ4v) is 2.46. The molecule has 0 saturated carbocycles. The van der Waals surface area contributed by atoms with Gasteiger partial charge in [0.2, 0.25) is 0 Å². The molecule has 0 spiro atoms. The molecule has 1 saturated heterocycles. The summed E-state index contributed by atoms with van der Waals surface area (Å²) >= 11 is 0. The number of piperidine rings is 1. The van der Waals surface area contributed by atoms with Gasteiger partial charge in [0.25, 0.3) is 5.91 Å². The van der Waals surface area contributed by atoms with Gasteiger partial charge in [-0.25, -0.2) is 4.79 Å². The highest BCUT2D eigenvalue weighted by atomic mass is 16.5. The maximum atomic E-state index is 12.4. The molecule has 1 aromatic carbocycles. The van der Waals surface area contributed by atoms with E-state index in [1.165, 1.54) is 7.11 Å². The van der Waals surface area contributed by atoms with Crippen molar-refractivity contribution in [3.8, 4) is 11.8 Å². The van der Waals surface area contributed by atoms with Crippen LogP contribution in [0.3, 0.4) is 0 Å². The predicted molar refractivity (Wildman–Crippen MR) is 87.1 cm³/mol. The summed E-state index contributed by atoms with van der Waals surface area (Å²) in [5.74, 6) is 4.87. The molecule has 1 aromatic rings. The normalized spacial score (nSPS) is 14.5. The first-order chi connectivity index (χ1) is 11.2. The highest BCUT2D eigenvalue weighted by molar-refractivity contribution is 5.98. The number of nitrogens with one attached hydrogen (secondary N) is 2. The molecule has 0 atom stereocenters. The van der Waals surface area contributed by atoms with Gasteiger partial charge >= 0.3 is 5.97 Å². The van der Waals surface area contributed by atoms with Crippen LogP contribution < -0.4 is 16.4 Å². The van der Waals surface area contributed by atoms with Crippen molar-refractivity contribution in [3.63, 3.8) is 0 Å². The highest BCUT2D eigenvalue weighted by Crippen LogP contribution is 2.14. The van der Waals surface area contributed by atoms with Gasteiger partial charge in [0.15, 0.2) is 0 Å². The number of hydrogen-bond donors (Lipinski definition) is 3. The van der Waals surface area contributed by atoms with Crippen LogP contribution in [0.4, 0.5) is 0 Å². The topological polar surface area (TPSA) is 93.5 Å². The molecule has 1 fully saturated rings. The molecule has 6 nitrogen and oxygen atoms in total. The summed E-state index contributed by atoms with van der Waals surface area (Å²) in [5, 5.41) is 6.27. The lowest BCUT2D eigenvalue weighted by molar-refractivity contribution is 0.0600. The number of esters is 1. The number of hydrogen-bond acceptors (Lipinski definition) is 5. The van der Waals surface area contributed by atoms with Gasteiger partial charge in [-0.05, 0) is 44.1 Å². The highest BCUT2D eigenvalue weighted by Gasteiger charge is 2.18. The lowest BCUT2D eigenvalue weighted by Gasteiger charge is -2.23. The van der Waals surface area contributed by atoms with Crippen LogP contribution in [0.5, 0.6) is 0 Å². The first kappa shape index (κ1) is 17.0. The van der Waals surface area contributed by atoms with Crippen molar-refractivity contribution in [1.29, 1.82) is 0 Å². The summed E-state index contributed by atoms with van der Waals surface area (Å²) in [6.45, 7) is 1.98. The van der Waals surface area contributed by atoms with E-state index in [2.05, 4.69) is 22.5 Å². The Bertz CT molecular complexity index is 640. The first-order valence-corrected chi connectivity index (χ1v) is 7.58. The molecule has 1 heterocycles. The Morgan fingerprint density at radius 1 is 1.39 bits per heavy atom. The average molecular weight is 315 g/mol. The number of carbonyl (C=O) groups is 2. The molecule has 23 heavy (non-hydrogen) atoms. The SMILES string of the molecule is COC(=O)c1ccc(C(=O)NC2CCNCC2)cc1C#CCN. The van der Waals surface area contributed by atoms with Crippen molar-refractivity contribution >= 4 is 11.9 Å². The van der Waals surface area contributed by atoms with Crippen molar-refractivity contribution in [2.45, 2.75) is 18.9 Å². The summed E-state index contributed by atoms with van der Waals surface area (Å²) in [6, 6.07) is 4.94. The summed E-state index contributed by atoms with van der Waals surface area (Å²) in [5.41, 5.74) is 6.62. The van der Waals surface area contributed by atoms with Gasteiger partial charge in [0.05, 0.1) is 19.2 Å². The zero-order valence-corrected chi connectivity index (χ0v) is 13.1. The number of ether oxygens (including phenoxy) is 1. The molecule has 2 rings (SSSR count). The van der Waals surface area contributed by atoms with Crippen molar-refractivity contribution in [3.05, 3.63) is 34.9 Å². The Morgan fingerprint density at radius 2 is 2.13 bits per heavy atom. The molecule has 0 radical (unpaired) electrons. The largest absolute Gasteiger partial charge is 0.465 e. The number of carbonyl (C=O) groups excluding carboxylic acids is 2. The maximum Gasteiger partial charge on any atom is 0.339 e. The molecule has 1 amide bonds. The van der Waals surface area contributed by atoms with Crippen LogP contribution in [0, 0.1) is 11.8 Å². The first-order valence-electron chi connectivity index (χ1n) is 7.58. The molecule has 1 aliphatic heterocycles. The Kier molecular flexibility index (Phi) is 6.15. The molecular weight excluding hydrogens is 294 g/mol. The van der Waals surface area contributed by atoms with Crippen molar-refractivity contribution < 1.29 is 14.3 Å². The van der Waals surface area contributed by atoms with Crippen LogP contribution in [0.15, 0.2) is 18.2 Å². The van der Waals surface area contributed by atoms with E-state index in [9.17, 15) is 9.59 Å². The second kappa shape index (κ2) is 8.32. The van der Waals surface area contributed by atoms with Gasteiger partial charge in [-0.2, -0.15) is 0 Å². The molecule has 0 aromatic heterocycles. The quantitative estimate of drug-likeness (QED) is 0.550. The van der Waals surface area contributed by atoms with Crippen LogP contribution in [-0.4, -0.2) is 44.7 Å². The monoisotopic (exact) mass is 315 g/mol. The standard InChI is InChI=1S/C17H21N3O3/c1-23-17(22)15-5-4-13(11-12(15)3-2-8-18)16(21)20-14-6-9-19-10-7-14/h4-5,11,14,19H,6-10,18H2,1H3,(H,20,21). The summed E-state index contributed by atoms with van der Waals surface area (Å²) < 4.78 is 4.73. The molecule has 6 heteroatoms. The molecule has 0 unspecified atom stereocenters. The van der Waals surface area contributed by atoms with Gasteiger partial charge < -0.3 is 21.1 Å². The van der Waals surface area contributed by atoms with Gasteiger partial charge in [0.1, 0.15) is 0 Å². The number of benzene rings is 1. The maximum absolute atomic E-state index is 12.4. The second-order valence-corrected chi connectivity index (χ2v) is 5.26. The molecule has 1 aliphatic rings. The number of nitrogens with two attached hydrogens (primary N) is 1. The van der Waals surface area contributed by atoms with E-state index in [-0.39, 0.29) is 18.5 Å². The zero-order valence-electron chi connectivity index (χ0n) is 13.1. The number of methoxy groups -OCH3 is 1. The third-order valence-electron chi connectivity index (χ3n) is 3.69. The van der Waals surface area contributed by atoms with Crippen molar-refractivity contribution in [1.82, 2.24) is 10.6 Å². The zero-order chi connectivity index (χ0) is 16.7. The minimum absolute atomic E-state index is 0.163. The third-order valence-corrected chi connectivity index (χ3v) is 3.69. The second-order valence-electron chi connectivity index (χ2n) is 5.26. The Balaban J connectivity index is 2.21. The summed E-state index contributed by atoms with van der Waals surface area (Å²) in [4.78, 5) is 24.1. The molecule has 0 aliphatic carbocycles. The van der Waals surface area contributed by atoms with Gasteiger partial charge in [0, 0.05) is 17.2 Å². The fraction of sp³-hybridized carbons (Fsp3) is 0.412. The van der Waals surface area contributed by atoms with Crippen LogP contribution in [0.1, 0.15) is 39.1 Å². The lowest BCUT2D eigenvalue weighted by Crippen LogP contribution is -2.42. The predicted octanol–water partition coefficient (Wildman–Crippen LogP) is 0.265. The molecular formula is C17H21N3O3. The third kappa shape index (κ3) is 4.55. The van der Waals surface area contributed by atoms with Gasteiger partial charge in [-0.1, -0.05) is 11.8 Å². The van der Waals surface area contributed by atoms with E-state index in [1.54, 1.807) is 18.2 Å². The molecule has 4 N–H and O–H groups in total. The lowest BCUT2D eigenvalue weighted by atomic mass is 10.0. The minimum Gasteiger partial charge on any atom is -0.465 e. The van der Waals surface area contributed by atoms with Crippen LogP contribution in [-0.2, 0) is 4.74 Å². The molecule has 0 bridgehead atoms. The van der Waals surface area contributed by atoms with E-state index >= 15 is 0 Å². The number of rotatable bonds is 3. The fourth-order valence-electron chi connectivity index (χ4n) is 2.46. The number of amides is 1. The van der Waals surface area contributed by atoms with Crippen molar-refractivity contribution in [2.75, 3.05) is 26.7 Å². The van der Waals surface area contributed by atoms with E-state index in [0.29, 0.717) is 16.7 Å². The average Bonchev–Trinajstić information content (AvgIpc) is 2.59.